The fraction of sp³-hybridized carbons (Fsp3) is 1.00. The standard InChI is InChI=1S/2C29H54O6.2C28H52O7/c2*1-12-22-16(5)15(4)21(10)27(31-22)34-26-20(9)18(7)24(14-3)33-29(26)35-25-19(8)17(6)23(13-2)32-28(25)30-11;1-11-20-14(4)16(6)23(29)27(32-20)35-25-17(7)15(5)21(12-2)33-28(25)34-24-18(8)22(13-3)31-26(30-10)19(24)9;1-11-20-14(4)15(5)23(29)28(33-20)35-25-17(7)22(13-3)32-27(19(25)9)34-24-16(6)21(12-2)31-26(30-10)18(24)8/h2*15-29H,12-14H2,1-11H3;2*14-29H,11-13H2,1-10H3/t2*15-,16-,17-,18-,19-,20-,21?,22?,23?,24?,25?,26?,27+,28-,29+;14-,15-,16-,17-,18+,19?,20?,21?,22?,23?,24-,25?,26-,27+,28+;14-,15-,16+,17+,18?,19?,20?,21?,22?,23?,24-,25-,26-,27+,28+/m0000/s1. The number of aliphatic hydroxyl groups excluding tert-OH is 2. The second-order valence-corrected chi connectivity index (χ2v) is 46.5. The minimum Gasteiger partial charge on any atom is -0.388 e. The molecule has 12 rings (SSSR count). The monoisotopic (exact) mass is 2000 g/mol. The molecule has 12 heterocycles. The van der Waals surface area contributed by atoms with E-state index in [9.17, 15) is 10.2 Å². The van der Waals surface area contributed by atoms with Crippen LogP contribution in [0.4, 0.5) is 0 Å². The summed E-state index contributed by atoms with van der Waals surface area (Å²) >= 11 is 0. The molecule has 140 heavy (non-hydrogen) atoms. The Morgan fingerprint density at radius 3 is 0.514 bits per heavy atom. The smallest absolute Gasteiger partial charge is 0.185 e. The van der Waals surface area contributed by atoms with Gasteiger partial charge in [0.25, 0.3) is 0 Å². The maximum atomic E-state index is 11.1. The highest BCUT2D eigenvalue weighted by atomic mass is 16.8. The van der Waals surface area contributed by atoms with Crippen molar-refractivity contribution in [3.8, 4) is 0 Å². The lowest BCUT2D eigenvalue weighted by Crippen LogP contribution is -2.59. The molecule has 0 aromatic carbocycles. The van der Waals surface area contributed by atoms with Gasteiger partial charge < -0.3 is 124 Å². The van der Waals surface area contributed by atoms with E-state index in [0.29, 0.717) is 65.1 Å². The highest BCUT2D eigenvalue weighted by Crippen LogP contribution is 2.51. The molecule has 12 aliphatic heterocycles. The SMILES string of the molecule is CCC1O[C@H](OC2[C@@H](OC3[C@@H](OC)OC(CC)[C@@H](C)[C@@H]3C)OC(CC)[C@@H](C)[C@@H]2C)C(C)[C@@H](C)[C@@H]1C.CCC1O[C@H](OC2[C@@H](OC3[C@@H](OC)OC(CC)[C@@H](C)[C@@H]3C)OC(CC)[C@@H](C)[C@@H]2C)C(C)[C@@H](C)[C@@H]1C.CCC1O[C@H](OC2[C@@H](O[C@@H]3C(C)[C@@H](OC)OC(CC)[C@H]3C)OC(CC)[C@@H](C)[C@@H]2C)C(O)[C@@H](C)[C@@H]1C.CCC1O[C@H](O[C@@H]2C(C)[C@@H](O[C@@H]3C(C)[C@@H](OC)OC(CC)[C@H]3C)OC(CC)[C@H]2C)C(O)[C@@H](C)[C@@H]1C. The van der Waals surface area contributed by atoms with E-state index >= 15 is 0 Å². The van der Waals surface area contributed by atoms with Crippen molar-refractivity contribution in [2.75, 3.05) is 28.4 Å². The van der Waals surface area contributed by atoms with Crippen LogP contribution in [0, 0.1) is 154 Å². The molecule has 824 valence electrons. The van der Waals surface area contributed by atoms with Gasteiger partial charge >= 0.3 is 0 Å². The van der Waals surface area contributed by atoms with Gasteiger partial charge in [0.2, 0.25) is 0 Å². The normalized spacial score (nSPS) is 51.3. The van der Waals surface area contributed by atoms with E-state index in [1.807, 2.05) is 0 Å². The van der Waals surface area contributed by atoms with E-state index in [-0.39, 0.29) is 236 Å². The Bertz CT molecular complexity index is 3300. The van der Waals surface area contributed by atoms with Gasteiger partial charge in [0, 0.05) is 75.8 Å². The van der Waals surface area contributed by atoms with Crippen LogP contribution in [-0.2, 0) is 114 Å². The minimum absolute atomic E-state index is 0.00546. The van der Waals surface area contributed by atoms with E-state index in [2.05, 4.69) is 263 Å². The first-order chi connectivity index (χ1) is 66.3. The molecule has 0 radical (unpaired) electrons. The summed E-state index contributed by atoms with van der Waals surface area (Å²) in [5, 5.41) is 22.1. The largest absolute Gasteiger partial charge is 0.388 e. The maximum absolute atomic E-state index is 11.1. The molecule has 26 heteroatoms. The lowest BCUT2D eigenvalue weighted by atomic mass is 9.78. The second-order valence-electron chi connectivity index (χ2n) is 46.5. The molecule has 12 fully saturated rings. The summed E-state index contributed by atoms with van der Waals surface area (Å²) in [6, 6.07) is 0. The zero-order chi connectivity index (χ0) is 104. The van der Waals surface area contributed by atoms with E-state index < -0.39 is 62.5 Å². The molecule has 0 aromatic rings. The molecule has 24 unspecified atom stereocenters. The van der Waals surface area contributed by atoms with Crippen LogP contribution in [-0.4, -0.2) is 248 Å². The third kappa shape index (κ3) is 27.6. The first-order valence-electron chi connectivity index (χ1n) is 56.9. The number of aliphatic hydroxyl groups is 2. The summed E-state index contributed by atoms with van der Waals surface area (Å²) in [7, 11) is 6.79. The molecule has 0 spiro atoms. The zero-order valence-corrected chi connectivity index (χ0v) is 95.8. The van der Waals surface area contributed by atoms with Gasteiger partial charge in [-0.2, -0.15) is 0 Å². The molecular formula is C114H212O26. The van der Waals surface area contributed by atoms with E-state index in [4.69, 9.17) is 114 Å². The van der Waals surface area contributed by atoms with Crippen LogP contribution in [0.25, 0.3) is 0 Å². The molecule has 12 aliphatic rings. The first kappa shape index (κ1) is 122. The Hall–Kier alpha value is -1.04. The van der Waals surface area contributed by atoms with Crippen LogP contribution in [0.15, 0.2) is 0 Å². The average molecular weight is 2000 g/mol. The van der Waals surface area contributed by atoms with Crippen LogP contribution in [0.1, 0.15) is 340 Å². The lowest BCUT2D eigenvalue weighted by Gasteiger charge is -2.51. The van der Waals surface area contributed by atoms with Crippen molar-refractivity contribution in [1.82, 2.24) is 0 Å². The van der Waals surface area contributed by atoms with Crippen LogP contribution in [0.5, 0.6) is 0 Å². The Kier molecular flexibility index (Phi) is 49.0. The van der Waals surface area contributed by atoms with Crippen molar-refractivity contribution in [3.05, 3.63) is 0 Å². The summed E-state index contributed by atoms with van der Waals surface area (Å²) in [6.07, 6.45) is 4.36. The van der Waals surface area contributed by atoms with Gasteiger partial charge in [-0.15, -0.1) is 0 Å². The molecule has 60 atom stereocenters. The quantitative estimate of drug-likeness (QED) is 0.0634. The van der Waals surface area contributed by atoms with Crippen LogP contribution >= 0.6 is 0 Å². The van der Waals surface area contributed by atoms with Gasteiger partial charge in [-0.25, -0.2) is 0 Å². The van der Waals surface area contributed by atoms with Gasteiger partial charge in [0.05, 0.1) is 91.6 Å². The zero-order valence-electron chi connectivity index (χ0n) is 95.8. The predicted octanol–water partition coefficient (Wildman–Crippen LogP) is 22.5. The Labute approximate surface area is 851 Å². The second kappa shape index (κ2) is 56.0. The summed E-state index contributed by atoms with van der Waals surface area (Å²) < 4.78 is 154. The maximum Gasteiger partial charge on any atom is 0.185 e. The number of hydrogen-bond acceptors (Lipinski definition) is 26. The number of methoxy groups -OCH3 is 4. The van der Waals surface area contributed by atoms with Gasteiger partial charge in [-0.3, -0.25) is 0 Å². The summed E-state index contributed by atoms with van der Waals surface area (Å²) in [4.78, 5) is 0. The van der Waals surface area contributed by atoms with Crippen LogP contribution < -0.4 is 0 Å². The molecular weight excluding hydrogens is 1790 g/mol. The fourth-order valence-electron chi connectivity index (χ4n) is 26.1. The molecule has 0 bridgehead atoms. The molecule has 0 aromatic heterocycles. The fourth-order valence-corrected chi connectivity index (χ4v) is 26.1. The van der Waals surface area contributed by atoms with Crippen molar-refractivity contribution in [2.45, 2.75) is 550 Å². The highest BCUT2D eigenvalue weighted by Gasteiger charge is 2.58. The predicted molar refractivity (Wildman–Crippen MR) is 545 cm³/mol. The Morgan fingerprint density at radius 1 is 0.136 bits per heavy atom. The van der Waals surface area contributed by atoms with Crippen molar-refractivity contribution in [2.24, 2.45) is 154 Å². The average Bonchev–Trinajstić information content (AvgIpc) is 0.784. The van der Waals surface area contributed by atoms with Crippen molar-refractivity contribution < 1.29 is 124 Å². The summed E-state index contributed by atoms with van der Waals surface area (Å²) in [5.74, 6) is 7.08. The topological polar surface area (TPSA) is 262 Å². The Morgan fingerprint density at radius 2 is 0.279 bits per heavy atom. The van der Waals surface area contributed by atoms with E-state index in [1.165, 1.54) is 0 Å². The summed E-state index contributed by atoms with van der Waals surface area (Å²) in [6.45, 7) is 83.7. The van der Waals surface area contributed by atoms with Crippen LogP contribution in [0.2, 0.25) is 0 Å². The number of rotatable bonds is 32. The van der Waals surface area contributed by atoms with Crippen molar-refractivity contribution >= 4 is 0 Å². The number of hydrogen-bond donors (Lipinski definition) is 2. The van der Waals surface area contributed by atoms with Crippen LogP contribution in [0.3, 0.4) is 0 Å². The molecule has 26 nitrogen and oxygen atoms in total. The van der Waals surface area contributed by atoms with Gasteiger partial charge in [0.15, 0.2) is 75.5 Å². The summed E-state index contributed by atoms with van der Waals surface area (Å²) in [5.41, 5.74) is 0. The Balaban J connectivity index is 0.000000209. The van der Waals surface area contributed by atoms with E-state index in [0.717, 1.165) is 77.0 Å². The highest BCUT2D eigenvalue weighted by molar-refractivity contribution is 5.00. The molecule has 2 N–H and O–H groups in total. The van der Waals surface area contributed by atoms with Gasteiger partial charge in [-0.1, -0.05) is 263 Å². The minimum atomic E-state index is -0.696. The van der Waals surface area contributed by atoms with E-state index in [1.54, 1.807) is 28.4 Å². The first-order valence-corrected chi connectivity index (χ1v) is 56.9. The molecule has 0 amide bonds. The third-order valence-electron chi connectivity index (χ3n) is 38.8. The van der Waals surface area contributed by atoms with Gasteiger partial charge in [-0.05, 0) is 184 Å². The molecule has 12 saturated heterocycles. The van der Waals surface area contributed by atoms with Crippen molar-refractivity contribution in [3.63, 3.8) is 0 Å². The van der Waals surface area contributed by atoms with Crippen molar-refractivity contribution in [1.29, 1.82) is 0 Å². The molecule has 0 saturated carbocycles. The van der Waals surface area contributed by atoms with Gasteiger partial charge in [0.1, 0.15) is 42.7 Å². The molecule has 0 aliphatic carbocycles. The number of ether oxygens (including phenoxy) is 24. The lowest BCUT2D eigenvalue weighted by molar-refractivity contribution is -0.368. The third-order valence-corrected chi connectivity index (χ3v) is 38.8.